The first-order valence-corrected chi connectivity index (χ1v) is 7.13. The molecule has 0 heterocycles. The fourth-order valence-electron chi connectivity index (χ4n) is 1.43. The minimum atomic E-state index is -4.62. The molecule has 7 nitrogen and oxygen atoms in total. The average molecular weight is 280 g/mol. The minimum Gasteiger partial charge on any atom is -0.729 e. The predicted molar refractivity (Wildman–Crippen MR) is 60.1 cm³/mol. The molecule has 92 valence electrons. The molecule has 0 N–H and O–H groups in total. The molecule has 0 rings (SSSR count). The number of nitrogens with zero attached hydrogens (tertiary/aromatic N) is 4. The van der Waals surface area contributed by atoms with Gasteiger partial charge in [-0.1, -0.05) is 0 Å². The van der Waals surface area contributed by atoms with Crippen molar-refractivity contribution in [2.45, 2.75) is 0 Å². The fraction of sp³-hybridized carbons (Fsp3) is 1.00. The Kier molecular flexibility index (Phi) is 8.25. The normalized spacial score (nSPS) is 13.1. The molecule has 0 saturated carbocycles. The second-order valence-corrected chi connectivity index (χ2v) is 8.57. The van der Waals surface area contributed by atoms with E-state index in [9.17, 15) is 13.0 Å². The Morgan fingerprint density at radius 1 is 0.938 bits per heavy atom. The van der Waals surface area contributed by atoms with Crippen molar-refractivity contribution >= 4 is 17.8 Å². The van der Waals surface area contributed by atoms with Crippen LogP contribution in [0.5, 0.6) is 0 Å². The van der Waals surface area contributed by atoms with Gasteiger partial charge in [-0.15, -0.1) is 4.15 Å². The standard InChI is InChI=1S/C6H19N4O3PS.Na/c1-8(2)14(9(3)4,10(5)6)7-15(11,12)13;/h1-6H3,(H,11,12,13);/q;+1/p-1. The monoisotopic (exact) mass is 280 g/mol. The van der Waals surface area contributed by atoms with Gasteiger partial charge in [0.05, 0.1) is 0 Å². The number of hydrogen-bond donors (Lipinski definition) is 0. The van der Waals surface area contributed by atoms with E-state index in [0.717, 1.165) is 0 Å². The van der Waals surface area contributed by atoms with Crippen LogP contribution in [0.15, 0.2) is 4.15 Å². The Morgan fingerprint density at radius 2 is 1.19 bits per heavy atom. The molecular formula is C6H18N4NaO3PS. The predicted octanol–water partition coefficient (Wildman–Crippen LogP) is -2.92. The van der Waals surface area contributed by atoms with Crippen LogP contribution in [-0.4, -0.2) is 69.3 Å². The Labute approximate surface area is 120 Å². The first-order valence-electron chi connectivity index (χ1n) is 4.17. The van der Waals surface area contributed by atoms with Crippen LogP contribution >= 0.6 is 7.51 Å². The molecule has 0 aromatic carbocycles. The van der Waals surface area contributed by atoms with Crippen LogP contribution in [0.3, 0.4) is 0 Å². The van der Waals surface area contributed by atoms with E-state index in [1.54, 1.807) is 56.3 Å². The van der Waals surface area contributed by atoms with Crippen molar-refractivity contribution in [2.24, 2.45) is 4.15 Å². The van der Waals surface area contributed by atoms with E-state index >= 15 is 0 Å². The molecule has 10 heteroatoms. The Bertz CT molecular complexity index is 339. The molecule has 0 unspecified atom stereocenters. The van der Waals surface area contributed by atoms with Gasteiger partial charge in [0.15, 0.2) is 7.51 Å². The molecule has 0 spiro atoms. The number of hydrogen-bond acceptors (Lipinski definition) is 3. The molecule has 0 atom stereocenters. The van der Waals surface area contributed by atoms with Crippen LogP contribution in [-0.2, 0) is 10.3 Å². The molecule has 0 aromatic heterocycles. The molecule has 0 radical (unpaired) electrons. The van der Waals surface area contributed by atoms with Crippen molar-refractivity contribution in [1.29, 1.82) is 0 Å². The van der Waals surface area contributed by atoms with E-state index in [0.29, 0.717) is 0 Å². The van der Waals surface area contributed by atoms with Crippen LogP contribution < -0.4 is 29.6 Å². The Morgan fingerprint density at radius 3 is 1.25 bits per heavy atom. The molecule has 0 fully saturated rings. The Hall–Kier alpha value is 1.02. The molecule has 0 amide bonds. The molecule has 0 aliphatic rings. The smallest absolute Gasteiger partial charge is 0.729 e. The SMILES string of the molecule is CN(C)P(=NS(=O)(=O)[O-])(N(C)C)N(C)C.[Na+]. The summed E-state index contributed by atoms with van der Waals surface area (Å²) in [7, 11) is 2.95. The summed E-state index contributed by atoms with van der Waals surface area (Å²) in [6.45, 7) is 0. The van der Waals surface area contributed by atoms with Crippen LogP contribution in [0, 0.1) is 0 Å². The maximum absolute atomic E-state index is 10.8. The molecule has 0 bridgehead atoms. The topological polar surface area (TPSA) is 79.3 Å². The second-order valence-electron chi connectivity index (χ2n) is 3.59. The molecule has 16 heavy (non-hydrogen) atoms. The van der Waals surface area contributed by atoms with Crippen molar-refractivity contribution in [3.63, 3.8) is 0 Å². The van der Waals surface area contributed by atoms with Crippen molar-refractivity contribution in [2.75, 3.05) is 42.3 Å². The van der Waals surface area contributed by atoms with Gasteiger partial charge in [-0.05, 0) is 42.3 Å². The third kappa shape index (κ3) is 4.72. The summed E-state index contributed by atoms with van der Waals surface area (Å²) in [5, 5.41) is 0. The van der Waals surface area contributed by atoms with Crippen molar-refractivity contribution in [3.8, 4) is 0 Å². The maximum atomic E-state index is 10.8. The van der Waals surface area contributed by atoms with Gasteiger partial charge in [-0.3, -0.25) is 14.0 Å². The van der Waals surface area contributed by atoms with Crippen LogP contribution in [0.4, 0.5) is 0 Å². The summed E-state index contributed by atoms with van der Waals surface area (Å²) in [6.07, 6.45) is 0. The van der Waals surface area contributed by atoms with E-state index in [1.165, 1.54) is 0 Å². The summed E-state index contributed by atoms with van der Waals surface area (Å²) >= 11 is 0. The van der Waals surface area contributed by atoms with Gasteiger partial charge in [0.2, 0.25) is 10.3 Å². The van der Waals surface area contributed by atoms with E-state index in [4.69, 9.17) is 0 Å². The summed E-state index contributed by atoms with van der Waals surface area (Å²) in [5.41, 5.74) is 0. The number of rotatable bonds is 4. The summed E-state index contributed by atoms with van der Waals surface area (Å²) in [5.74, 6) is 0. The van der Waals surface area contributed by atoms with E-state index in [-0.39, 0.29) is 29.6 Å². The van der Waals surface area contributed by atoms with Gasteiger partial charge >= 0.3 is 29.6 Å². The second kappa shape index (κ2) is 6.82. The maximum Gasteiger partial charge on any atom is 1.00 e. The third-order valence-electron chi connectivity index (χ3n) is 1.82. The first-order chi connectivity index (χ1) is 6.54. The largest absolute Gasteiger partial charge is 1.00 e. The van der Waals surface area contributed by atoms with Gasteiger partial charge in [0.1, 0.15) is 0 Å². The van der Waals surface area contributed by atoms with Gasteiger partial charge < -0.3 is 4.55 Å². The van der Waals surface area contributed by atoms with Crippen LogP contribution in [0.2, 0.25) is 0 Å². The molecule has 0 aromatic rings. The van der Waals surface area contributed by atoms with Gasteiger partial charge in [-0.25, -0.2) is 8.42 Å². The zero-order chi connectivity index (χ0) is 12.4. The quantitative estimate of drug-likeness (QED) is 0.312. The zero-order valence-electron chi connectivity index (χ0n) is 10.9. The van der Waals surface area contributed by atoms with E-state index in [2.05, 4.69) is 4.15 Å². The van der Waals surface area contributed by atoms with Crippen molar-refractivity contribution in [3.05, 3.63) is 0 Å². The van der Waals surface area contributed by atoms with Gasteiger partial charge in [0.25, 0.3) is 0 Å². The molecule has 0 aliphatic heterocycles. The van der Waals surface area contributed by atoms with Crippen molar-refractivity contribution < 1.29 is 42.5 Å². The first kappa shape index (κ1) is 19.4. The molecule has 0 saturated heterocycles. The minimum absolute atomic E-state index is 0. The molecular weight excluding hydrogens is 262 g/mol. The average Bonchev–Trinajstić information content (AvgIpc) is 1.96. The van der Waals surface area contributed by atoms with Gasteiger partial charge in [0, 0.05) is 0 Å². The molecule has 0 aliphatic carbocycles. The van der Waals surface area contributed by atoms with E-state index in [1.807, 2.05) is 0 Å². The van der Waals surface area contributed by atoms with Crippen LogP contribution in [0.25, 0.3) is 0 Å². The summed E-state index contributed by atoms with van der Waals surface area (Å²) in [6, 6.07) is 0. The Balaban J connectivity index is 0. The summed E-state index contributed by atoms with van der Waals surface area (Å²) < 4.78 is 40.8. The van der Waals surface area contributed by atoms with Crippen LogP contribution in [0.1, 0.15) is 0 Å². The summed E-state index contributed by atoms with van der Waals surface area (Å²) in [4.78, 5) is 0. The van der Waals surface area contributed by atoms with Crippen molar-refractivity contribution in [1.82, 2.24) is 14.0 Å². The fourth-order valence-corrected chi connectivity index (χ4v) is 6.40. The van der Waals surface area contributed by atoms with E-state index < -0.39 is 17.8 Å². The zero-order valence-corrected chi connectivity index (χ0v) is 14.6. The van der Waals surface area contributed by atoms with Gasteiger partial charge in [-0.2, -0.15) is 0 Å². The third-order valence-corrected chi connectivity index (χ3v) is 6.72.